The van der Waals surface area contributed by atoms with Crippen LogP contribution < -0.4 is 5.73 Å². The number of carbonyl (C=O) groups is 1. The average molecular weight is 441 g/mol. The molecule has 0 bridgehead atoms. The zero-order valence-electron chi connectivity index (χ0n) is 16.2. The molecule has 0 fully saturated rings. The van der Waals surface area contributed by atoms with Gasteiger partial charge in [-0.25, -0.2) is 4.79 Å². The molecule has 0 amide bonds. The highest BCUT2D eigenvalue weighted by atomic mass is 32.1. The first-order valence-electron chi connectivity index (χ1n) is 8.64. The Labute approximate surface area is 173 Å². The third kappa shape index (κ3) is 4.45. The largest absolute Gasteiger partial charge is 0.416 e. The number of halogens is 3. The minimum Gasteiger partial charge on any atom is -0.380 e. The van der Waals surface area contributed by atoms with Crippen LogP contribution in [0, 0.1) is 6.92 Å². The molecule has 0 aliphatic carbocycles. The molecule has 0 saturated carbocycles. The van der Waals surface area contributed by atoms with Crippen LogP contribution in [-0.2, 0) is 16.4 Å². The van der Waals surface area contributed by atoms with Crippen LogP contribution in [0.15, 0.2) is 35.5 Å². The summed E-state index contributed by atoms with van der Waals surface area (Å²) in [6.07, 6.45) is -4.44. The highest BCUT2D eigenvalue weighted by molar-refractivity contribution is 7.29. The molecular weight excluding hydrogens is 421 g/mol. The van der Waals surface area contributed by atoms with E-state index in [0.29, 0.717) is 4.88 Å². The van der Waals surface area contributed by atoms with Crippen LogP contribution in [0.1, 0.15) is 52.0 Å². The van der Waals surface area contributed by atoms with Crippen molar-refractivity contribution in [2.45, 2.75) is 39.3 Å². The van der Waals surface area contributed by atoms with Gasteiger partial charge in [0.1, 0.15) is 4.88 Å². The van der Waals surface area contributed by atoms with Crippen molar-refractivity contribution in [3.05, 3.63) is 56.8 Å². The van der Waals surface area contributed by atoms with E-state index in [0.717, 1.165) is 27.1 Å². The predicted octanol–water partition coefficient (Wildman–Crippen LogP) is 6.06. The molecule has 2 heterocycles. The Kier molecular flexibility index (Phi) is 5.48. The van der Waals surface area contributed by atoms with Gasteiger partial charge in [0.15, 0.2) is 5.84 Å². The summed E-state index contributed by atoms with van der Waals surface area (Å²) in [6, 6.07) is 6.22. The van der Waals surface area contributed by atoms with E-state index in [-0.39, 0.29) is 16.8 Å². The summed E-state index contributed by atoms with van der Waals surface area (Å²) in [5, 5.41) is 3.59. The van der Waals surface area contributed by atoms with E-state index in [4.69, 9.17) is 10.6 Å². The van der Waals surface area contributed by atoms with Gasteiger partial charge in [-0.15, -0.1) is 22.7 Å². The van der Waals surface area contributed by atoms with Crippen molar-refractivity contribution >= 4 is 43.9 Å². The summed E-state index contributed by atoms with van der Waals surface area (Å²) in [5.74, 6) is -0.832. The fourth-order valence-electron chi connectivity index (χ4n) is 2.58. The van der Waals surface area contributed by atoms with Gasteiger partial charge in [0.05, 0.1) is 5.56 Å². The van der Waals surface area contributed by atoms with Crippen LogP contribution in [0.4, 0.5) is 13.2 Å². The Bertz CT molecular complexity index is 1090. The van der Waals surface area contributed by atoms with Gasteiger partial charge in [-0.1, -0.05) is 38.1 Å². The lowest BCUT2D eigenvalue weighted by atomic mass is 9.95. The summed E-state index contributed by atoms with van der Waals surface area (Å²) in [7, 11) is 0. The number of hydrogen-bond acceptors (Lipinski definition) is 5. The van der Waals surface area contributed by atoms with Gasteiger partial charge in [0, 0.05) is 19.8 Å². The first-order valence-corrected chi connectivity index (χ1v) is 10.3. The number of hydrogen-bond donors (Lipinski definition) is 1. The van der Waals surface area contributed by atoms with Gasteiger partial charge in [0.2, 0.25) is 0 Å². The fourth-order valence-corrected chi connectivity index (χ4v) is 5.11. The number of nitrogens with zero attached hydrogens (tertiary/aromatic N) is 1. The Morgan fingerprint density at radius 2 is 1.72 bits per heavy atom. The quantitative estimate of drug-likeness (QED) is 0.233. The van der Waals surface area contributed by atoms with E-state index in [2.05, 4.69) is 32.0 Å². The second kappa shape index (κ2) is 7.46. The molecule has 0 aliphatic rings. The number of aryl methyl sites for hydroxylation is 1. The maximum Gasteiger partial charge on any atom is 0.416 e. The van der Waals surface area contributed by atoms with E-state index in [1.807, 2.05) is 6.92 Å². The summed E-state index contributed by atoms with van der Waals surface area (Å²) < 4.78 is 39.9. The second-order valence-electron chi connectivity index (χ2n) is 7.54. The van der Waals surface area contributed by atoms with Gasteiger partial charge in [0.25, 0.3) is 0 Å². The van der Waals surface area contributed by atoms with Crippen molar-refractivity contribution in [3.63, 3.8) is 0 Å². The van der Waals surface area contributed by atoms with Gasteiger partial charge >= 0.3 is 12.1 Å². The van der Waals surface area contributed by atoms with Crippen LogP contribution in [0.2, 0.25) is 0 Å². The molecule has 29 heavy (non-hydrogen) atoms. The smallest absolute Gasteiger partial charge is 0.380 e. The average Bonchev–Trinajstić information content (AvgIpc) is 3.18. The molecule has 2 N–H and O–H groups in total. The molecule has 0 atom stereocenters. The summed E-state index contributed by atoms with van der Waals surface area (Å²) in [4.78, 5) is 19.0. The molecule has 154 valence electrons. The monoisotopic (exact) mass is 440 g/mol. The Balaban J connectivity index is 1.77. The van der Waals surface area contributed by atoms with Gasteiger partial charge < -0.3 is 10.6 Å². The van der Waals surface area contributed by atoms with Crippen molar-refractivity contribution in [1.82, 2.24) is 0 Å². The minimum atomic E-state index is -4.44. The number of fused-ring (bicyclic) bond motifs is 1. The number of alkyl halides is 3. The number of carbonyl (C=O) groups excluding carboxylic acids is 1. The van der Waals surface area contributed by atoms with Crippen molar-refractivity contribution in [3.8, 4) is 0 Å². The zero-order chi connectivity index (χ0) is 21.6. The number of thiophene rings is 2. The number of benzene rings is 1. The van der Waals surface area contributed by atoms with Gasteiger partial charge in [-0.05, 0) is 36.1 Å². The highest BCUT2D eigenvalue weighted by Crippen LogP contribution is 2.41. The first-order chi connectivity index (χ1) is 13.4. The van der Waals surface area contributed by atoms with Crippen LogP contribution in [0.3, 0.4) is 0 Å². The molecule has 0 unspecified atom stereocenters. The van der Waals surface area contributed by atoms with E-state index < -0.39 is 17.7 Å². The van der Waals surface area contributed by atoms with E-state index in [9.17, 15) is 18.0 Å². The van der Waals surface area contributed by atoms with Crippen molar-refractivity contribution in [2.75, 3.05) is 0 Å². The van der Waals surface area contributed by atoms with Crippen LogP contribution in [0.5, 0.6) is 0 Å². The molecule has 2 aromatic heterocycles. The minimum absolute atomic E-state index is 0.0247. The molecule has 0 spiro atoms. The van der Waals surface area contributed by atoms with E-state index in [1.165, 1.54) is 28.3 Å². The molecule has 4 nitrogen and oxygen atoms in total. The van der Waals surface area contributed by atoms with Crippen LogP contribution in [-0.4, -0.2) is 11.8 Å². The number of oxime groups is 1. The molecule has 0 saturated heterocycles. The third-order valence-electron chi connectivity index (χ3n) is 4.25. The maximum absolute atomic E-state index is 12.6. The third-order valence-corrected chi connectivity index (χ3v) is 7.28. The zero-order valence-corrected chi connectivity index (χ0v) is 17.8. The Morgan fingerprint density at radius 3 is 2.24 bits per heavy atom. The number of rotatable bonds is 3. The fraction of sp³-hybridized carbons (Fsp3) is 0.300. The maximum atomic E-state index is 12.6. The Hall–Kier alpha value is -2.39. The normalized spacial score (nSPS) is 13.1. The number of nitrogens with two attached hydrogens (primary N) is 1. The highest BCUT2D eigenvalue weighted by Gasteiger charge is 2.30. The standard InChI is InChI=1S/C20H19F3N2O2S2/c1-10-15-13(9-14(29-15)19(2,3)4)28-16(10)18(26)27-25-17(24)11-5-7-12(8-6-11)20(21,22)23/h5-9H,1-4H3,(H2,24,25). The summed E-state index contributed by atoms with van der Waals surface area (Å²) in [5.41, 5.74) is 6.01. The molecule has 0 radical (unpaired) electrons. The van der Waals surface area contributed by atoms with Crippen LogP contribution >= 0.6 is 22.7 Å². The Morgan fingerprint density at radius 1 is 1.10 bits per heavy atom. The summed E-state index contributed by atoms with van der Waals surface area (Å²) in [6.45, 7) is 8.24. The molecule has 9 heteroatoms. The first kappa shape index (κ1) is 21.3. The molecule has 0 aliphatic heterocycles. The predicted molar refractivity (Wildman–Crippen MR) is 111 cm³/mol. The van der Waals surface area contributed by atoms with Crippen LogP contribution in [0.25, 0.3) is 9.40 Å². The van der Waals surface area contributed by atoms with E-state index >= 15 is 0 Å². The molecule has 3 aromatic rings. The second-order valence-corrected chi connectivity index (χ2v) is 9.64. The van der Waals surface area contributed by atoms with Gasteiger partial charge in [-0.2, -0.15) is 13.2 Å². The lowest BCUT2D eigenvalue weighted by Crippen LogP contribution is -2.16. The van der Waals surface area contributed by atoms with Crippen molar-refractivity contribution in [1.29, 1.82) is 0 Å². The lowest BCUT2D eigenvalue weighted by Gasteiger charge is -2.15. The summed E-state index contributed by atoms with van der Waals surface area (Å²) >= 11 is 2.97. The van der Waals surface area contributed by atoms with Gasteiger partial charge in [-0.3, -0.25) is 0 Å². The number of amidine groups is 1. The molecule has 3 rings (SSSR count). The van der Waals surface area contributed by atoms with Crippen molar-refractivity contribution < 1.29 is 22.8 Å². The SMILES string of the molecule is Cc1c(C(=O)O/N=C(/N)c2ccc(C(F)(F)F)cc2)sc2cc(C(C)(C)C)sc12. The van der Waals surface area contributed by atoms with Crippen molar-refractivity contribution in [2.24, 2.45) is 10.9 Å². The molecular formula is C20H19F3N2O2S2. The topological polar surface area (TPSA) is 64.7 Å². The lowest BCUT2D eigenvalue weighted by molar-refractivity contribution is -0.137. The molecule has 1 aromatic carbocycles. The van der Waals surface area contributed by atoms with E-state index in [1.54, 1.807) is 11.3 Å².